The zero-order valence-electron chi connectivity index (χ0n) is 22.8. The van der Waals surface area contributed by atoms with Gasteiger partial charge in [0.15, 0.2) is 11.7 Å². The monoisotopic (exact) mass is 602 g/mol. The Bertz CT molecular complexity index is 1780. The number of rotatable bonds is 10. The van der Waals surface area contributed by atoms with Gasteiger partial charge >= 0.3 is 12.3 Å². The first kappa shape index (κ1) is 29.1. The molecular weight excluding hydrogens is 577 g/mol. The summed E-state index contributed by atoms with van der Waals surface area (Å²) in [5, 5.41) is 15.5. The first-order valence-electron chi connectivity index (χ1n) is 13.0. The van der Waals surface area contributed by atoms with E-state index in [-0.39, 0.29) is 12.3 Å². The van der Waals surface area contributed by atoms with Crippen molar-refractivity contribution in [3.63, 3.8) is 0 Å². The number of carboxylic acids is 1. The van der Waals surface area contributed by atoms with Crippen molar-refractivity contribution in [2.45, 2.75) is 45.7 Å². The lowest BCUT2D eigenvalue weighted by molar-refractivity contribution is -0.274. The number of methoxy groups -OCH3 is 1. The van der Waals surface area contributed by atoms with Gasteiger partial charge in [0.25, 0.3) is 0 Å². The molecule has 8 nitrogen and oxygen atoms in total. The Hall–Kier alpha value is -4.38. The molecule has 0 fully saturated rings. The standard InChI is InChI=1S/C30H26ClF3N2O6/c1-4-5-25(29(37)38)40-19-8-11-23(31)17(12-19)15-36-16(2)27(21-9-7-20(13-24(21)36)41-30(32,33)34)28-22-10-6-18(39-3)14-26(22)42-35-28/h6-14,25H,4-5,15H2,1-3H3,(H,37,38). The molecule has 3 aromatic carbocycles. The number of hydrogen-bond donors (Lipinski definition) is 1. The minimum Gasteiger partial charge on any atom is -0.497 e. The number of nitrogens with zero attached hydrogens (tertiary/aromatic N) is 2. The molecule has 0 aliphatic rings. The molecule has 42 heavy (non-hydrogen) atoms. The molecule has 1 N–H and O–H groups in total. The fourth-order valence-corrected chi connectivity index (χ4v) is 5.13. The molecule has 220 valence electrons. The average molecular weight is 603 g/mol. The van der Waals surface area contributed by atoms with Crippen molar-refractivity contribution in [2.75, 3.05) is 7.11 Å². The van der Waals surface area contributed by atoms with Crippen molar-refractivity contribution in [3.8, 4) is 28.5 Å². The third kappa shape index (κ3) is 5.82. The Morgan fingerprint density at radius 2 is 1.79 bits per heavy atom. The van der Waals surface area contributed by atoms with Crippen LogP contribution in [-0.4, -0.2) is 40.4 Å². The summed E-state index contributed by atoms with van der Waals surface area (Å²) in [4.78, 5) is 11.6. The zero-order valence-corrected chi connectivity index (χ0v) is 23.5. The lowest BCUT2D eigenvalue weighted by atomic mass is 10.0. The van der Waals surface area contributed by atoms with E-state index in [9.17, 15) is 23.1 Å². The first-order valence-corrected chi connectivity index (χ1v) is 13.4. The van der Waals surface area contributed by atoms with Crippen LogP contribution in [0.5, 0.6) is 17.2 Å². The highest BCUT2D eigenvalue weighted by Crippen LogP contribution is 2.41. The summed E-state index contributed by atoms with van der Waals surface area (Å²) in [5.74, 6) is -0.580. The van der Waals surface area contributed by atoms with E-state index in [1.807, 2.05) is 13.8 Å². The number of carbonyl (C=O) groups is 1. The van der Waals surface area contributed by atoms with Crippen molar-refractivity contribution in [2.24, 2.45) is 0 Å². The molecule has 0 aliphatic heterocycles. The fourth-order valence-electron chi connectivity index (χ4n) is 4.96. The summed E-state index contributed by atoms with van der Waals surface area (Å²) in [6, 6.07) is 14.2. The van der Waals surface area contributed by atoms with Crippen LogP contribution >= 0.6 is 11.6 Å². The van der Waals surface area contributed by atoms with Crippen molar-refractivity contribution < 1.29 is 41.8 Å². The summed E-state index contributed by atoms with van der Waals surface area (Å²) >= 11 is 6.54. The number of halogens is 4. The van der Waals surface area contributed by atoms with Crippen LogP contribution in [0.3, 0.4) is 0 Å². The van der Waals surface area contributed by atoms with Crippen LogP contribution in [-0.2, 0) is 11.3 Å². The van der Waals surface area contributed by atoms with Gasteiger partial charge in [-0.15, -0.1) is 13.2 Å². The maximum absolute atomic E-state index is 13.1. The summed E-state index contributed by atoms with van der Waals surface area (Å²) in [7, 11) is 1.54. The van der Waals surface area contributed by atoms with E-state index in [1.165, 1.54) is 19.2 Å². The van der Waals surface area contributed by atoms with E-state index in [2.05, 4.69) is 9.89 Å². The third-order valence-electron chi connectivity index (χ3n) is 6.90. The number of fused-ring (bicyclic) bond motifs is 2. The molecule has 2 aromatic heterocycles. The Labute approximate surface area is 243 Å². The van der Waals surface area contributed by atoms with Gasteiger partial charge in [0, 0.05) is 40.3 Å². The number of hydrogen-bond acceptors (Lipinski definition) is 6. The maximum atomic E-state index is 13.1. The van der Waals surface area contributed by atoms with Gasteiger partial charge in [0.1, 0.15) is 22.9 Å². The molecule has 5 aromatic rings. The van der Waals surface area contributed by atoms with E-state index in [4.69, 9.17) is 25.6 Å². The number of carboxylic acid groups (broad SMARTS) is 1. The van der Waals surface area contributed by atoms with Gasteiger partial charge in [-0.1, -0.05) is 30.1 Å². The third-order valence-corrected chi connectivity index (χ3v) is 7.26. The normalized spacial score (nSPS) is 12.5. The highest BCUT2D eigenvalue weighted by Gasteiger charge is 2.32. The average Bonchev–Trinajstić information content (AvgIpc) is 3.46. The van der Waals surface area contributed by atoms with Crippen LogP contribution in [0.15, 0.2) is 59.1 Å². The molecule has 1 unspecified atom stereocenters. The van der Waals surface area contributed by atoms with Crippen LogP contribution < -0.4 is 14.2 Å². The van der Waals surface area contributed by atoms with Crippen molar-refractivity contribution >= 4 is 39.4 Å². The van der Waals surface area contributed by atoms with Crippen LogP contribution in [0.1, 0.15) is 31.0 Å². The Morgan fingerprint density at radius 1 is 1.07 bits per heavy atom. The van der Waals surface area contributed by atoms with Crippen LogP contribution in [0.2, 0.25) is 5.02 Å². The van der Waals surface area contributed by atoms with Crippen LogP contribution in [0, 0.1) is 6.92 Å². The number of alkyl halides is 3. The van der Waals surface area contributed by atoms with Crippen molar-refractivity contribution in [1.29, 1.82) is 0 Å². The molecule has 0 spiro atoms. The number of aliphatic carboxylic acids is 1. The SMILES string of the molecule is CCCC(Oc1ccc(Cl)c(Cn2c(C)c(-c3noc4cc(OC)ccc34)c3ccc(OC(F)(F)F)cc32)c1)C(=O)O. The van der Waals surface area contributed by atoms with Gasteiger partial charge in [-0.3, -0.25) is 0 Å². The van der Waals surface area contributed by atoms with Crippen LogP contribution in [0.4, 0.5) is 13.2 Å². The van der Waals surface area contributed by atoms with Gasteiger partial charge in [-0.2, -0.15) is 0 Å². The zero-order chi connectivity index (χ0) is 30.2. The number of benzene rings is 3. The van der Waals surface area contributed by atoms with E-state index in [0.717, 1.165) is 0 Å². The molecule has 0 bridgehead atoms. The van der Waals surface area contributed by atoms with Crippen molar-refractivity contribution in [3.05, 3.63) is 70.9 Å². The Kier molecular flexibility index (Phi) is 7.96. The predicted octanol–water partition coefficient (Wildman–Crippen LogP) is 8.00. The molecule has 12 heteroatoms. The summed E-state index contributed by atoms with van der Waals surface area (Å²) < 4.78 is 61.9. The van der Waals surface area contributed by atoms with Gasteiger partial charge in [-0.25, -0.2) is 4.79 Å². The highest BCUT2D eigenvalue weighted by molar-refractivity contribution is 6.31. The molecule has 0 saturated heterocycles. The second kappa shape index (κ2) is 11.5. The first-order chi connectivity index (χ1) is 20.0. The molecule has 0 amide bonds. The van der Waals surface area contributed by atoms with E-state index >= 15 is 0 Å². The molecular formula is C30H26ClF3N2O6. The predicted molar refractivity (Wildman–Crippen MR) is 150 cm³/mol. The molecule has 0 saturated carbocycles. The second-order valence-corrected chi connectivity index (χ2v) is 10.1. The highest BCUT2D eigenvalue weighted by atomic mass is 35.5. The van der Waals surface area contributed by atoms with E-state index in [0.29, 0.717) is 73.8 Å². The molecule has 1 atom stereocenters. The van der Waals surface area contributed by atoms with Crippen LogP contribution in [0.25, 0.3) is 33.1 Å². The fraction of sp³-hybridized carbons (Fsp3) is 0.267. The number of ether oxygens (including phenoxy) is 3. The summed E-state index contributed by atoms with van der Waals surface area (Å²) in [6.07, 6.45) is -4.98. The summed E-state index contributed by atoms with van der Waals surface area (Å²) in [6.45, 7) is 3.80. The summed E-state index contributed by atoms with van der Waals surface area (Å²) in [5.41, 5.74) is 3.32. The second-order valence-electron chi connectivity index (χ2n) is 9.65. The lowest BCUT2D eigenvalue weighted by Gasteiger charge is -2.17. The lowest BCUT2D eigenvalue weighted by Crippen LogP contribution is -2.26. The van der Waals surface area contributed by atoms with Crippen molar-refractivity contribution in [1.82, 2.24) is 9.72 Å². The molecule has 5 rings (SSSR count). The smallest absolute Gasteiger partial charge is 0.497 e. The maximum Gasteiger partial charge on any atom is 0.573 e. The Morgan fingerprint density at radius 3 is 2.48 bits per heavy atom. The van der Waals surface area contributed by atoms with Gasteiger partial charge in [0.05, 0.1) is 18.0 Å². The molecule has 0 aliphatic carbocycles. The van der Waals surface area contributed by atoms with E-state index < -0.39 is 18.4 Å². The minimum absolute atomic E-state index is 0.128. The Balaban J connectivity index is 1.64. The molecule has 0 radical (unpaired) electrons. The van der Waals surface area contributed by atoms with Gasteiger partial charge in [-0.05, 0) is 61.4 Å². The molecule has 2 heterocycles. The van der Waals surface area contributed by atoms with Gasteiger partial charge < -0.3 is 28.4 Å². The quantitative estimate of drug-likeness (QED) is 0.173. The van der Waals surface area contributed by atoms with Gasteiger partial charge in [0.2, 0.25) is 0 Å². The minimum atomic E-state index is -4.88. The topological polar surface area (TPSA) is 96.0 Å². The largest absolute Gasteiger partial charge is 0.573 e. The number of aromatic nitrogens is 2. The van der Waals surface area contributed by atoms with E-state index in [1.54, 1.807) is 47.0 Å².